The maximum absolute atomic E-state index is 11.9. The molecule has 0 aliphatic heterocycles. The number of hydrogen-bond donors (Lipinski definition) is 0. The lowest BCUT2D eigenvalue weighted by atomic mass is 10.1. The minimum Gasteiger partial charge on any atom is -0.460 e. The number of nitrogens with zero attached hydrogens (tertiary/aromatic N) is 1. The highest BCUT2D eigenvalue weighted by molar-refractivity contribution is 5.88. The average molecular weight is 277 g/mol. The number of aryl methyl sites for hydroxylation is 1. The van der Waals surface area contributed by atoms with E-state index in [1.807, 2.05) is 13.0 Å². The number of ether oxygens (including phenoxy) is 1. The van der Waals surface area contributed by atoms with Gasteiger partial charge in [0, 0.05) is 0 Å². The van der Waals surface area contributed by atoms with Gasteiger partial charge in [0.15, 0.2) is 5.76 Å². The number of rotatable bonds is 5. The Labute approximate surface area is 117 Å². The zero-order valence-electron chi connectivity index (χ0n) is 12.2. The molecule has 0 radical (unpaired) electrons. The summed E-state index contributed by atoms with van der Waals surface area (Å²) in [4.78, 5) is 16.3. The topological polar surface area (TPSA) is 65.5 Å². The van der Waals surface area contributed by atoms with Gasteiger partial charge in [0.1, 0.15) is 5.76 Å². The largest absolute Gasteiger partial charge is 0.460 e. The fourth-order valence-electron chi connectivity index (χ4n) is 1.89. The summed E-state index contributed by atoms with van der Waals surface area (Å²) in [5, 5.41) is 0. The summed E-state index contributed by atoms with van der Waals surface area (Å²) in [7, 11) is 0. The second kappa shape index (κ2) is 5.94. The van der Waals surface area contributed by atoms with Crippen molar-refractivity contribution >= 4 is 5.97 Å². The van der Waals surface area contributed by atoms with Gasteiger partial charge in [-0.1, -0.05) is 13.8 Å². The van der Waals surface area contributed by atoms with Crippen LogP contribution in [0.25, 0.3) is 11.7 Å². The van der Waals surface area contributed by atoms with Gasteiger partial charge in [-0.05, 0) is 38.3 Å². The molecule has 0 atom stereocenters. The zero-order chi connectivity index (χ0) is 14.7. The fraction of sp³-hybridized carbons (Fsp3) is 0.467. The Balaban J connectivity index is 2.38. The van der Waals surface area contributed by atoms with Crippen LogP contribution in [0.3, 0.4) is 0 Å². The molecule has 2 aromatic rings. The molecule has 0 bridgehead atoms. The predicted octanol–water partition coefficient (Wildman–Crippen LogP) is 3.62. The number of carbonyl (C=O) groups excluding carboxylic acids is 1. The van der Waals surface area contributed by atoms with E-state index in [-0.39, 0.29) is 5.76 Å². The van der Waals surface area contributed by atoms with Crippen molar-refractivity contribution in [1.29, 1.82) is 0 Å². The Hall–Kier alpha value is -2.04. The molecule has 0 amide bonds. The van der Waals surface area contributed by atoms with E-state index in [1.165, 1.54) is 0 Å². The van der Waals surface area contributed by atoms with Crippen molar-refractivity contribution in [3.05, 3.63) is 29.3 Å². The third-order valence-electron chi connectivity index (χ3n) is 2.71. The van der Waals surface area contributed by atoms with E-state index >= 15 is 0 Å². The highest BCUT2D eigenvalue weighted by atomic mass is 16.5. The van der Waals surface area contributed by atoms with E-state index in [2.05, 4.69) is 18.8 Å². The molecule has 0 saturated heterocycles. The maximum atomic E-state index is 11.9. The number of furan rings is 1. The first kappa shape index (κ1) is 14.4. The van der Waals surface area contributed by atoms with Gasteiger partial charge in [-0.3, -0.25) is 0 Å². The number of carbonyl (C=O) groups is 1. The Bertz CT molecular complexity index is 595. The molecule has 0 aliphatic rings. The molecule has 2 rings (SSSR count). The molecular weight excluding hydrogens is 258 g/mol. The summed E-state index contributed by atoms with van der Waals surface area (Å²) >= 11 is 0. The van der Waals surface area contributed by atoms with Crippen LogP contribution in [-0.2, 0) is 11.2 Å². The molecule has 5 nitrogen and oxygen atoms in total. The molecular formula is C15H19NO4. The quantitative estimate of drug-likeness (QED) is 0.781. The Morgan fingerprint density at radius 1 is 1.35 bits per heavy atom. The fourth-order valence-corrected chi connectivity index (χ4v) is 1.89. The smallest absolute Gasteiger partial charge is 0.376 e. The van der Waals surface area contributed by atoms with Crippen LogP contribution in [0.15, 0.2) is 21.0 Å². The monoisotopic (exact) mass is 277 g/mol. The van der Waals surface area contributed by atoms with E-state index in [4.69, 9.17) is 13.6 Å². The second-order valence-corrected chi connectivity index (χ2v) is 5.02. The third-order valence-corrected chi connectivity index (χ3v) is 2.71. The first-order chi connectivity index (χ1) is 9.51. The normalized spacial score (nSPS) is 11.1. The summed E-state index contributed by atoms with van der Waals surface area (Å²) < 4.78 is 16.0. The number of hydrogen-bond acceptors (Lipinski definition) is 5. The van der Waals surface area contributed by atoms with Gasteiger partial charge in [0.2, 0.25) is 5.76 Å². The second-order valence-electron chi connectivity index (χ2n) is 5.02. The van der Waals surface area contributed by atoms with Gasteiger partial charge in [0.05, 0.1) is 12.3 Å². The molecule has 0 N–H and O–H groups in total. The van der Waals surface area contributed by atoms with Crippen LogP contribution in [-0.4, -0.2) is 17.6 Å². The van der Waals surface area contributed by atoms with Crippen molar-refractivity contribution in [1.82, 2.24) is 4.98 Å². The SMILES string of the molecule is CCOC(=O)c1oc(-c2ccc(C)o2)nc1CC(C)C. The first-order valence-electron chi connectivity index (χ1n) is 6.74. The van der Waals surface area contributed by atoms with E-state index in [0.29, 0.717) is 36.3 Å². The van der Waals surface area contributed by atoms with Crippen LogP contribution >= 0.6 is 0 Å². The van der Waals surface area contributed by atoms with E-state index in [1.54, 1.807) is 13.0 Å². The van der Waals surface area contributed by atoms with Crippen molar-refractivity contribution in [3.63, 3.8) is 0 Å². The molecule has 0 aromatic carbocycles. The summed E-state index contributed by atoms with van der Waals surface area (Å²) in [5.74, 6) is 1.65. The molecule has 2 heterocycles. The van der Waals surface area contributed by atoms with Crippen LogP contribution in [0.5, 0.6) is 0 Å². The lowest BCUT2D eigenvalue weighted by molar-refractivity contribution is 0.0489. The molecule has 0 aliphatic carbocycles. The Morgan fingerprint density at radius 2 is 2.10 bits per heavy atom. The van der Waals surface area contributed by atoms with Crippen LogP contribution in [0.4, 0.5) is 0 Å². The predicted molar refractivity (Wildman–Crippen MR) is 73.4 cm³/mol. The van der Waals surface area contributed by atoms with Crippen molar-refractivity contribution in [2.24, 2.45) is 5.92 Å². The molecule has 5 heteroatoms. The van der Waals surface area contributed by atoms with Gasteiger partial charge in [-0.25, -0.2) is 9.78 Å². The molecule has 0 spiro atoms. The molecule has 20 heavy (non-hydrogen) atoms. The van der Waals surface area contributed by atoms with Gasteiger partial charge in [0.25, 0.3) is 5.89 Å². The minimum atomic E-state index is -0.481. The maximum Gasteiger partial charge on any atom is 0.376 e. The third kappa shape index (κ3) is 3.10. The Morgan fingerprint density at radius 3 is 2.65 bits per heavy atom. The van der Waals surface area contributed by atoms with E-state index in [9.17, 15) is 4.79 Å². The van der Waals surface area contributed by atoms with Crippen LogP contribution in [0.2, 0.25) is 0 Å². The zero-order valence-corrected chi connectivity index (χ0v) is 12.2. The van der Waals surface area contributed by atoms with Crippen LogP contribution in [0.1, 0.15) is 42.8 Å². The van der Waals surface area contributed by atoms with Crippen molar-refractivity contribution in [2.45, 2.75) is 34.1 Å². The van der Waals surface area contributed by atoms with Gasteiger partial charge in [-0.15, -0.1) is 0 Å². The molecule has 0 fully saturated rings. The van der Waals surface area contributed by atoms with Crippen molar-refractivity contribution < 1.29 is 18.4 Å². The first-order valence-corrected chi connectivity index (χ1v) is 6.74. The van der Waals surface area contributed by atoms with Gasteiger partial charge >= 0.3 is 5.97 Å². The van der Waals surface area contributed by atoms with Crippen molar-refractivity contribution in [3.8, 4) is 11.7 Å². The number of esters is 1. The molecule has 108 valence electrons. The van der Waals surface area contributed by atoms with Crippen LogP contribution < -0.4 is 0 Å². The van der Waals surface area contributed by atoms with Gasteiger partial charge in [-0.2, -0.15) is 0 Å². The molecule has 2 aromatic heterocycles. The Kier molecular flexibility index (Phi) is 4.27. The summed E-state index contributed by atoms with van der Waals surface area (Å²) in [5.41, 5.74) is 0.613. The highest BCUT2D eigenvalue weighted by Gasteiger charge is 2.23. The highest BCUT2D eigenvalue weighted by Crippen LogP contribution is 2.26. The van der Waals surface area contributed by atoms with E-state index < -0.39 is 5.97 Å². The lowest BCUT2D eigenvalue weighted by Gasteiger charge is -2.02. The average Bonchev–Trinajstić information content (AvgIpc) is 2.95. The number of oxazole rings is 1. The molecule has 0 saturated carbocycles. The lowest BCUT2D eigenvalue weighted by Crippen LogP contribution is -2.08. The summed E-state index contributed by atoms with van der Waals surface area (Å²) in [6.07, 6.45) is 0.650. The van der Waals surface area contributed by atoms with E-state index in [0.717, 1.165) is 5.76 Å². The minimum absolute atomic E-state index is 0.171. The summed E-state index contributed by atoms with van der Waals surface area (Å²) in [6.45, 7) is 8.01. The standard InChI is InChI=1S/C15H19NO4/c1-5-18-15(17)13-11(8-9(2)3)16-14(20-13)12-7-6-10(4)19-12/h6-7,9H,5,8H2,1-4H3. The van der Waals surface area contributed by atoms with Gasteiger partial charge < -0.3 is 13.6 Å². The summed E-state index contributed by atoms with van der Waals surface area (Å²) in [6, 6.07) is 3.60. The number of aromatic nitrogens is 1. The van der Waals surface area contributed by atoms with Crippen LogP contribution in [0, 0.1) is 12.8 Å². The van der Waals surface area contributed by atoms with Crippen molar-refractivity contribution in [2.75, 3.05) is 6.61 Å². The molecule has 0 unspecified atom stereocenters.